The van der Waals surface area contributed by atoms with Crippen LogP contribution in [-0.4, -0.2) is 6.04 Å². The predicted octanol–water partition coefficient (Wildman–Crippen LogP) is 3.64. The lowest BCUT2D eigenvalue weighted by molar-refractivity contribution is 1.04. The molecule has 0 bridgehead atoms. The van der Waals surface area contributed by atoms with Crippen LogP contribution in [0.25, 0.3) is 0 Å². The summed E-state index contributed by atoms with van der Waals surface area (Å²) in [6, 6.07) is 22.5. The Morgan fingerprint density at radius 3 is 2.00 bits per heavy atom. The summed E-state index contributed by atoms with van der Waals surface area (Å²) in [5.74, 6) is 0. The fraction of sp³-hybridized carbons (Fsp3) is 0.200. The number of anilines is 1. The molecule has 0 aromatic heterocycles. The minimum absolute atomic E-state index is 0.559. The Balaban J connectivity index is 1.87. The van der Waals surface area contributed by atoms with E-state index in [0.717, 1.165) is 0 Å². The van der Waals surface area contributed by atoms with Crippen LogP contribution in [0, 0.1) is 0 Å². The monoisotopic (exact) mass is 209 g/mol. The number of hydrogen-bond acceptors (Lipinski definition) is 1. The second kappa shape index (κ2) is 3.67. The van der Waals surface area contributed by atoms with Crippen molar-refractivity contribution in [1.29, 1.82) is 0 Å². The molecule has 0 aliphatic carbocycles. The molecular formula is C15H15N. The molecule has 2 aromatic rings. The van der Waals surface area contributed by atoms with E-state index in [9.17, 15) is 0 Å². The Morgan fingerprint density at radius 1 is 0.812 bits per heavy atom. The Bertz CT molecular complexity index is 418. The number of rotatable bonds is 2. The summed E-state index contributed by atoms with van der Waals surface area (Å²) in [4.78, 5) is 2.45. The maximum absolute atomic E-state index is 2.45. The highest BCUT2D eigenvalue weighted by Gasteiger charge is 2.44. The number of para-hydroxylation sites is 1. The molecule has 0 spiro atoms. The summed E-state index contributed by atoms with van der Waals surface area (Å²) >= 11 is 0. The van der Waals surface area contributed by atoms with E-state index in [1.54, 1.807) is 0 Å². The zero-order valence-electron chi connectivity index (χ0n) is 9.38. The van der Waals surface area contributed by atoms with E-state index >= 15 is 0 Å². The zero-order valence-corrected chi connectivity index (χ0v) is 9.38. The first-order valence-electron chi connectivity index (χ1n) is 5.76. The highest BCUT2D eigenvalue weighted by Crippen LogP contribution is 2.46. The van der Waals surface area contributed by atoms with Gasteiger partial charge in [0.25, 0.3) is 0 Å². The van der Waals surface area contributed by atoms with Crippen LogP contribution in [0.3, 0.4) is 0 Å². The Morgan fingerprint density at radius 2 is 1.38 bits per heavy atom. The standard InChI is InChI=1S/C15H15N/c1-12-15(13-8-4-2-5-9-13)16(12)14-10-6-3-7-11-14/h2-12,15H,1H3/t12-,15+,16?/m1/s1. The molecule has 0 amide bonds. The van der Waals surface area contributed by atoms with Gasteiger partial charge in [-0.05, 0) is 24.6 Å². The molecule has 0 unspecified atom stereocenters. The predicted molar refractivity (Wildman–Crippen MR) is 67.6 cm³/mol. The molecule has 1 heteroatoms. The summed E-state index contributed by atoms with van der Waals surface area (Å²) in [5.41, 5.74) is 2.74. The number of hydrogen-bond donors (Lipinski definition) is 0. The Kier molecular flexibility index (Phi) is 2.17. The topological polar surface area (TPSA) is 3.01 Å². The molecule has 1 saturated heterocycles. The third kappa shape index (κ3) is 1.49. The second-order valence-electron chi connectivity index (χ2n) is 4.34. The lowest BCUT2D eigenvalue weighted by Gasteiger charge is -2.05. The van der Waals surface area contributed by atoms with Gasteiger partial charge in [0.2, 0.25) is 0 Å². The minimum Gasteiger partial charge on any atom is -0.357 e. The highest BCUT2D eigenvalue weighted by molar-refractivity contribution is 5.58. The fourth-order valence-electron chi connectivity index (χ4n) is 2.43. The van der Waals surface area contributed by atoms with Crippen LogP contribution < -0.4 is 4.90 Å². The van der Waals surface area contributed by atoms with Crippen LogP contribution in [0.5, 0.6) is 0 Å². The van der Waals surface area contributed by atoms with Crippen molar-refractivity contribution in [3.8, 4) is 0 Å². The highest BCUT2D eigenvalue weighted by atomic mass is 15.3. The maximum atomic E-state index is 2.45. The van der Waals surface area contributed by atoms with Gasteiger partial charge in [-0.1, -0.05) is 48.5 Å². The van der Waals surface area contributed by atoms with Gasteiger partial charge in [0.1, 0.15) is 0 Å². The molecule has 1 aliphatic heterocycles. The van der Waals surface area contributed by atoms with Crippen molar-refractivity contribution in [3.63, 3.8) is 0 Å². The van der Waals surface area contributed by atoms with E-state index in [4.69, 9.17) is 0 Å². The van der Waals surface area contributed by atoms with Crippen molar-refractivity contribution in [3.05, 3.63) is 66.2 Å². The van der Waals surface area contributed by atoms with Gasteiger partial charge in [0.05, 0.1) is 12.1 Å². The summed E-state index contributed by atoms with van der Waals surface area (Å²) < 4.78 is 0. The smallest absolute Gasteiger partial charge is 0.0747 e. The Labute approximate surface area is 96.3 Å². The van der Waals surface area contributed by atoms with Crippen LogP contribution in [-0.2, 0) is 0 Å². The summed E-state index contributed by atoms with van der Waals surface area (Å²) in [6.07, 6.45) is 0. The lowest BCUT2D eigenvalue weighted by atomic mass is 10.1. The summed E-state index contributed by atoms with van der Waals surface area (Å²) in [6.45, 7) is 2.28. The molecule has 0 radical (unpaired) electrons. The average Bonchev–Trinajstić information content (AvgIpc) is 3.03. The lowest BCUT2D eigenvalue weighted by Crippen LogP contribution is -1.95. The molecule has 2 aromatic carbocycles. The fourth-order valence-corrected chi connectivity index (χ4v) is 2.43. The third-order valence-corrected chi connectivity index (χ3v) is 3.30. The van der Waals surface area contributed by atoms with Gasteiger partial charge in [0, 0.05) is 5.69 Å². The van der Waals surface area contributed by atoms with Crippen LogP contribution in [0.2, 0.25) is 0 Å². The van der Waals surface area contributed by atoms with Gasteiger partial charge in [0.15, 0.2) is 0 Å². The molecule has 16 heavy (non-hydrogen) atoms. The first-order valence-corrected chi connectivity index (χ1v) is 5.76. The maximum Gasteiger partial charge on any atom is 0.0747 e. The molecule has 80 valence electrons. The first-order chi connectivity index (χ1) is 7.88. The van der Waals surface area contributed by atoms with Gasteiger partial charge in [-0.25, -0.2) is 0 Å². The molecule has 2 atom stereocenters. The van der Waals surface area contributed by atoms with Crippen LogP contribution in [0.15, 0.2) is 60.7 Å². The van der Waals surface area contributed by atoms with Gasteiger partial charge >= 0.3 is 0 Å². The van der Waals surface area contributed by atoms with Crippen LogP contribution in [0.4, 0.5) is 5.69 Å². The van der Waals surface area contributed by atoms with E-state index in [0.29, 0.717) is 12.1 Å². The van der Waals surface area contributed by atoms with E-state index in [1.807, 2.05) is 0 Å². The van der Waals surface area contributed by atoms with E-state index in [1.165, 1.54) is 11.3 Å². The van der Waals surface area contributed by atoms with Crippen LogP contribution in [0.1, 0.15) is 18.5 Å². The molecule has 0 N–H and O–H groups in total. The van der Waals surface area contributed by atoms with Gasteiger partial charge in [-0.15, -0.1) is 0 Å². The van der Waals surface area contributed by atoms with Crippen molar-refractivity contribution in [2.75, 3.05) is 4.90 Å². The molecule has 0 saturated carbocycles. The summed E-state index contributed by atoms with van der Waals surface area (Å²) in [7, 11) is 0. The average molecular weight is 209 g/mol. The molecule has 1 heterocycles. The van der Waals surface area contributed by atoms with Crippen molar-refractivity contribution in [2.45, 2.75) is 19.0 Å². The molecule has 1 aliphatic rings. The largest absolute Gasteiger partial charge is 0.357 e. The van der Waals surface area contributed by atoms with Crippen molar-refractivity contribution in [2.24, 2.45) is 0 Å². The van der Waals surface area contributed by atoms with E-state index in [2.05, 4.69) is 72.5 Å². The van der Waals surface area contributed by atoms with Gasteiger partial charge in [-0.2, -0.15) is 0 Å². The van der Waals surface area contributed by atoms with E-state index < -0.39 is 0 Å². The number of benzene rings is 2. The van der Waals surface area contributed by atoms with Crippen molar-refractivity contribution < 1.29 is 0 Å². The third-order valence-electron chi connectivity index (χ3n) is 3.30. The normalized spacial score (nSPS) is 23.2. The Hall–Kier alpha value is -1.76. The molecular weight excluding hydrogens is 194 g/mol. The zero-order chi connectivity index (χ0) is 11.0. The van der Waals surface area contributed by atoms with Crippen molar-refractivity contribution in [1.82, 2.24) is 0 Å². The number of nitrogens with zero attached hydrogens (tertiary/aromatic N) is 1. The first kappa shape index (κ1) is 9.46. The van der Waals surface area contributed by atoms with Gasteiger partial charge < -0.3 is 4.90 Å². The molecule has 1 fully saturated rings. The molecule has 1 nitrogen and oxygen atoms in total. The quantitative estimate of drug-likeness (QED) is 0.682. The van der Waals surface area contributed by atoms with Crippen molar-refractivity contribution >= 4 is 5.69 Å². The van der Waals surface area contributed by atoms with Crippen LogP contribution >= 0.6 is 0 Å². The minimum atomic E-state index is 0.559. The summed E-state index contributed by atoms with van der Waals surface area (Å²) in [5, 5.41) is 0. The molecule has 3 rings (SSSR count). The van der Waals surface area contributed by atoms with Gasteiger partial charge in [-0.3, -0.25) is 0 Å². The second-order valence-corrected chi connectivity index (χ2v) is 4.34. The van der Waals surface area contributed by atoms with E-state index in [-0.39, 0.29) is 0 Å². The SMILES string of the molecule is C[C@@H]1[C@@H](c2ccccc2)N1c1ccccc1.